The Bertz CT molecular complexity index is 1470. The molecule has 0 saturated carbocycles. The summed E-state index contributed by atoms with van der Waals surface area (Å²) in [7, 11) is 0. The van der Waals surface area contributed by atoms with Crippen LogP contribution >= 0.6 is 12.4 Å². The van der Waals surface area contributed by atoms with Crippen LogP contribution in [-0.4, -0.2) is 37.0 Å². The summed E-state index contributed by atoms with van der Waals surface area (Å²) in [5.41, 5.74) is -0.693. The van der Waals surface area contributed by atoms with Crippen LogP contribution in [0.5, 0.6) is 0 Å². The Balaban J connectivity index is 0.00000520. The molecule has 0 aromatic heterocycles. The number of nitrogens with one attached hydrogen (secondary N) is 1. The van der Waals surface area contributed by atoms with Crippen LogP contribution in [0.4, 0.5) is 32.0 Å². The number of rotatable bonds is 13. The standard InChI is InChI=1S/C37H42F6N2O2.ClH/c1-2-3-15-35(31-13-7-8-14-32(31)44-33(35)46)16-9-10-19-45-20-17-34(18-21-45,28-11-5-4-6-12-28)26-47-25-27-22-29(36(38,39)40)24-30(23-27)37(41,42)43;/h4-8,11-14,22-24H,2-3,9-10,15-21,25-26H2,1H3,(H,44,46);1H. The predicted octanol–water partition coefficient (Wildman–Crippen LogP) is 9.95. The van der Waals surface area contributed by atoms with Gasteiger partial charge in [-0.25, -0.2) is 0 Å². The van der Waals surface area contributed by atoms with Crippen LogP contribution < -0.4 is 5.32 Å². The smallest absolute Gasteiger partial charge is 0.376 e. The minimum atomic E-state index is -4.90. The van der Waals surface area contributed by atoms with Gasteiger partial charge in [-0.15, -0.1) is 12.4 Å². The molecule has 1 saturated heterocycles. The third-order valence-electron chi connectivity index (χ3n) is 9.90. The van der Waals surface area contributed by atoms with Crippen molar-refractivity contribution in [3.63, 3.8) is 0 Å². The summed E-state index contributed by atoms with van der Waals surface area (Å²) in [5.74, 6) is 0.0949. The molecule has 2 aliphatic heterocycles. The van der Waals surface area contributed by atoms with Crippen LogP contribution in [0.2, 0.25) is 0 Å². The van der Waals surface area contributed by atoms with Crippen molar-refractivity contribution < 1.29 is 35.9 Å². The van der Waals surface area contributed by atoms with Crippen molar-refractivity contribution >= 4 is 24.0 Å². The summed E-state index contributed by atoms with van der Waals surface area (Å²) in [6.45, 7) is 4.40. The summed E-state index contributed by atoms with van der Waals surface area (Å²) in [6, 6.07) is 19.3. The molecular formula is C37H43ClF6N2O2. The Morgan fingerprint density at radius 3 is 2.04 bits per heavy atom. The molecule has 2 aliphatic rings. The number of carbonyl (C=O) groups is 1. The fourth-order valence-electron chi connectivity index (χ4n) is 7.22. The maximum absolute atomic E-state index is 13.4. The second kappa shape index (κ2) is 15.6. The van der Waals surface area contributed by atoms with Crippen LogP contribution in [0.25, 0.3) is 0 Å². The zero-order valence-corrected chi connectivity index (χ0v) is 27.9. The molecule has 0 aliphatic carbocycles. The number of hydrogen-bond acceptors (Lipinski definition) is 3. The van der Waals surface area contributed by atoms with Gasteiger partial charge in [-0.1, -0.05) is 74.7 Å². The highest BCUT2D eigenvalue weighted by atomic mass is 35.5. The van der Waals surface area contributed by atoms with Crippen LogP contribution in [0.1, 0.15) is 86.1 Å². The second-order valence-corrected chi connectivity index (χ2v) is 13.0. The topological polar surface area (TPSA) is 41.6 Å². The SMILES string of the molecule is CCCCC1(CCCCN2CCC(COCc3cc(C(F)(F)F)cc(C(F)(F)F)c3)(c3ccccc3)CC2)C(=O)Nc2ccccc21.Cl. The van der Waals surface area contributed by atoms with Crippen molar-refractivity contribution in [1.29, 1.82) is 0 Å². The third-order valence-corrected chi connectivity index (χ3v) is 9.90. The van der Waals surface area contributed by atoms with E-state index in [0.717, 1.165) is 99.9 Å². The van der Waals surface area contributed by atoms with Crippen molar-refractivity contribution in [2.45, 2.75) is 88.1 Å². The number of hydrogen-bond donors (Lipinski definition) is 1. The zero-order chi connectivity index (χ0) is 33.7. The van der Waals surface area contributed by atoms with Crippen LogP contribution in [0, 0.1) is 0 Å². The fourth-order valence-corrected chi connectivity index (χ4v) is 7.22. The molecule has 1 amide bonds. The first kappa shape index (κ1) is 37.7. The van der Waals surface area contributed by atoms with Gasteiger partial charge in [-0.3, -0.25) is 4.79 Å². The molecule has 1 unspecified atom stereocenters. The van der Waals surface area contributed by atoms with Gasteiger partial charge in [0.25, 0.3) is 0 Å². The van der Waals surface area contributed by atoms with Gasteiger partial charge in [-0.05, 0) is 92.7 Å². The highest BCUT2D eigenvalue weighted by Crippen LogP contribution is 2.45. The summed E-state index contributed by atoms with van der Waals surface area (Å²) < 4.78 is 86.2. The Morgan fingerprint density at radius 2 is 1.42 bits per heavy atom. The first-order valence-electron chi connectivity index (χ1n) is 16.4. The van der Waals surface area contributed by atoms with E-state index in [2.05, 4.69) is 23.2 Å². The minimum Gasteiger partial charge on any atom is -0.376 e. The van der Waals surface area contributed by atoms with Gasteiger partial charge in [0.15, 0.2) is 0 Å². The number of amides is 1. The maximum atomic E-state index is 13.4. The van der Waals surface area contributed by atoms with Gasteiger partial charge in [0, 0.05) is 11.1 Å². The molecule has 5 rings (SSSR count). The summed E-state index contributed by atoms with van der Waals surface area (Å²) >= 11 is 0. The molecule has 3 aromatic rings. The number of unbranched alkanes of at least 4 members (excludes halogenated alkanes) is 2. The van der Waals surface area contributed by atoms with Gasteiger partial charge in [0.1, 0.15) is 0 Å². The quantitative estimate of drug-likeness (QED) is 0.143. The number of ether oxygens (including phenoxy) is 1. The summed E-state index contributed by atoms with van der Waals surface area (Å²) in [4.78, 5) is 15.6. The molecule has 0 bridgehead atoms. The molecule has 2 heterocycles. The molecule has 3 aromatic carbocycles. The van der Waals surface area contributed by atoms with Gasteiger partial charge in [0.05, 0.1) is 29.8 Å². The van der Waals surface area contributed by atoms with E-state index < -0.39 is 34.3 Å². The van der Waals surface area contributed by atoms with Crippen molar-refractivity contribution in [2.75, 3.05) is 31.6 Å². The Morgan fingerprint density at radius 1 is 0.812 bits per heavy atom. The van der Waals surface area contributed by atoms with E-state index >= 15 is 0 Å². The molecule has 1 fully saturated rings. The monoisotopic (exact) mass is 696 g/mol. The van der Waals surface area contributed by atoms with Crippen LogP contribution in [-0.2, 0) is 39.3 Å². The Labute approximate surface area is 284 Å². The molecule has 0 radical (unpaired) electrons. The van der Waals surface area contributed by atoms with E-state index in [1.165, 1.54) is 0 Å². The van der Waals surface area contributed by atoms with Crippen LogP contribution in [0.15, 0.2) is 72.8 Å². The van der Waals surface area contributed by atoms with Gasteiger partial charge >= 0.3 is 12.4 Å². The van der Waals surface area contributed by atoms with E-state index in [1.54, 1.807) is 0 Å². The lowest BCUT2D eigenvalue weighted by Gasteiger charge is -2.42. The van der Waals surface area contributed by atoms with Crippen molar-refractivity contribution in [3.05, 3.63) is 101 Å². The van der Waals surface area contributed by atoms with Gasteiger partial charge in [0.2, 0.25) is 5.91 Å². The molecule has 4 nitrogen and oxygen atoms in total. The number of benzene rings is 3. The predicted molar refractivity (Wildman–Crippen MR) is 177 cm³/mol. The first-order valence-corrected chi connectivity index (χ1v) is 16.4. The number of nitrogens with zero attached hydrogens (tertiary/aromatic N) is 1. The second-order valence-electron chi connectivity index (χ2n) is 13.0. The number of para-hydroxylation sites is 1. The summed E-state index contributed by atoms with van der Waals surface area (Å²) in [5, 5.41) is 3.10. The number of alkyl halides is 6. The highest BCUT2D eigenvalue weighted by molar-refractivity contribution is 6.06. The van der Waals surface area contributed by atoms with E-state index in [-0.39, 0.29) is 43.2 Å². The average Bonchev–Trinajstić information content (AvgIpc) is 3.33. The minimum absolute atomic E-state index is 0. The number of fused-ring (bicyclic) bond motifs is 1. The average molecular weight is 697 g/mol. The lowest BCUT2D eigenvalue weighted by molar-refractivity contribution is -0.143. The molecule has 0 spiro atoms. The molecule has 1 atom stereocenters. The number of piperidine rings is 1. The number of carbonyl (C=O) groups excluding carboxylic acids is 1. The lowest BCUT2D eigenvalue weighted by atomic mass is 9.73. The van der Waals surface area contributed by atoms with Crippen LogP contribution in [0.3, 0.4) is 0 Å². The molecular weight excluding hydrogens is 654 g/mol. The molecule has 1 N–H and O–H groups in total. The largest absolute Gasteiger partial charge is 0.416 e. The maximum Gasteiger partial charge on any atom is 0.416 e. The number of likely N-dealkylation sites (tertiary alicyclic amines) is 1. The first-order chi connectivity index (χ1) is 22.4. The lowest BCUT2D eigenvalue weighted by Crippen LogP contribution is -2.45. The van der Waals surface area contributed by atoms with E-state index in [1.807, 2.05) is 48.5 Å². The van der Waals surface area contributed by atoms with Gasteiger partial charge < -0.3 is 15.0 Å². The highest BCUT2D eigenvalue weighted by Gasteiger charge is 2.45. The Hall–Kier alpha value is -3.08. The number of anilines is 1. The normalized spacial score (nSPS) is 19.4. The molecule has 48 heavy (non-hydrogen) atoms. The zero-order valence-electron chi connectivity index (χ0n) is 27.1. The van der Waals surface area contributed by atoms with Crippen molar-refractivity contribution in [2.24, 2.45) is 0 Å². The molecule has 262 valence electrons. The molecule has 11 heteroatoms. The van der Waals surface area contributed by atoms with Gasteiger partial charge in [-0.2, -0.15) is 26.3 Å². The summed E-state index contributed by atoms with van der Waals surface area (Å²) in [6.07, 6.45) is -2.86. The van der Waals surface area contributed by atoms with E-state index in [0.29, 0.717) is 0 Å². The Kier molecular flexibility index (Phi) is 12.3. The van der Waals surface area contributed by atoms with E-state index in [9.17, 15) is 31.1 Å². The third kappa shape index (κ3) is 8.55. The number of halogens is 7. The van der Waals surface area contributed by atoms with E-state index in [4.69, 9.17) is 4.74 Å². The van der Waals surface area contributed by atoms with Crippen molar-refractivity contribution in [3.8, 4) is 0 Å². The van der Waals surface area contributed by atoms with Crippen molar-refractivity contribution in [1.82, 2.24) is 4.90 Å². The fraction of sp³-hybridized carbons (Fsp3) is 0.486.